The first kappa shape index (κ1) is 17.7. The van der Waals surface area contributed by atoms with Crippen LogP contribution in [-0.4, -0.2) is 9.26 Å². The minimum absolute atomic E-state index is 0. The minimum atomic E-state index is 0. The van der Waals surface area contributed by atoms with Gasteiger partial charge in [-0.25, -0.2) is 0 Å². The zero-order valence-corrected chi connectivity index (χ0v) is 14.8. The Bertz CT molecular complexity index is 421. The molecule has 1 aliphatic heterocycles. The molecule has 94 valence electrons. The van der Waals surface area contributed by atoms with Crippen LogP contribution in [-0.2, 0) is 19.2 Å². The summed E-state index contributed by atoms with van der Waals surface area (Å²) in [5.74, 6) is 2.37. The Morgan fingerprint density at radius 2 is 1.88 bits per heavy atom. The summed E-state index contributed by atoms with van der Waals surface area (Å²) in [5.41, 5.74) is 4.58. The molecule has 0 aromatic heterocycles. The Morgan fingerprint density at radius 3 is 2.29 bits per heavy atom. The third-order valence-electron chi connectivity index (χ3n) is 2.84. The van der Waals surface area contributed by atoms with Crippen LogP contribution in [0.2, 0.25) is 0 Å². The quantitative estimate of drug-likeness (QED) is 0.497. The van der Waals surface area contributed by atoms with Crippen molar-refractivity contribution in [2.24, 2.45) is 0 Å². The summed E-state index contributed by atoms with van der Waals surface area (Å²) in [6, 6.07) is 0. The molecule has 2 rings (SSSR count). The number of allylic oxidation sites excluding steroid dienone is 6. The molecule has 0 fully saturated rings. The first-order valence-electron chi connectivity index (χ1n) is 5.38. The fraction of sp³-hybridized carbons (Fsp3) is 0.462. The zero-order valence-electron chi connectivity index (χ0n) is 10.7. The smallest absolute Gasteiger partial charge is 0.147 e. The van der Waals surface area contributed by atoms with Crippen molar-refractivity contribution in [1.29, 1.82) is 0 Å². The van der Waals surface area contributed by atoms with Gasteiger partial charge < -0.3 is 0 Å². The van der Waals surface area contributed by atoms with Gasteiger partial charge in [-0.05, 0) is 0 Å². The summed E-state index contributed by atoms with van der Waals surface area (Å²) in [6.45, 7) is 9.19. The summed E-state index contributed by atoms with van der Waals surface area (Å²) in [7, 11) is 1.52. The van der Waals surface area contributed by atoms with Crippen LogP contribution in [0.3, 0.4) is 0 Å². The van der Waals surface area contributed by atoms with E-state index in [9.17, 15) is 0 Å². The zero-order chi connectivity index (χ0) is 11.1. The molecule has 1 unspecified atom stereocenters. The summed E-state index contributed by atoms with van der Waals surface area (Å²) in [6.07, 6.45) is 6.11. The summed E-state index contributed by atoms with van der Waals surface area (Å²) >= 11 is 0.000247. The summed E-state index contributed by atoms with van der Waals surface area (Å²) in [5, 5.41) is 0. The molecule has 0 aromatic rings. The van der Waals surface area contributed by atoms with E-state index in [0.29, 0.717) is 3.46 Å². The standard InChI is InChI=1S/C7H9.C6H8P.2ClH.Ti/c1-6-3-4-7(2)5-6;1-5-3-6(2)7-4-5;;;/h5H,3H2,1-2H3;3-4H,1-2H3;2*1H;. The van der Waals surface area contributed by atoms with Gasteiger partial charge in [0, 0.05) is 0 Å². The Labute approximate surface area is 128 Å². The summed E-state index contributed by atoms with van der Waals surface area (Å²) < 4.78 is 2.25. The van der Waals surface area contributed by atoms with E-state index in [4.69, 9.17) is 0 Å². The SMILES string of the molecule is CC1=C[C](C)([Ti][C]2=C(C)C=C(C)C2)P=C1.Cl.Cl. The van der Waals surface area contributed by atoms with Crippen LogP contribution in [0.15, 0.2) is 32.7 Å². The molecule has 17 heavy (non-hydrogen) atoms. The van der Waals surface area contributed by atoms with Crippen molar-refractivity contribution < 1.29 is 19.2 Å². The molecule has 0 saturated carbocycles. The van der Waals surface area contributed by atoms with Crippen LogP contribution >= 0.6 is 33.0 Å². The molecular weight excluding hydrogens is 306 g/mol. The number of hydrogen-bond acceptors (Lipinski definition) is 0. The third kappa shape index (κ3) is 4.37. The second-order valence-corrected chi connectivity index (χ2v) is 9.81. The van der Waals surface area contributed by atoms with Gasteiger partial charge in [-0.3, -0.25) is 0 Å². The van der Waals surface area contributed by atoms with Gasteiger partial charge in [0.1, 0.15) is 0 Å². The predicted molar refractivity (Wildman–Crippen MR) is 80.7 cm³/mol. The van der Waals surface area contributed by atoms with Crippen molar-refractivity contribution in [3.63, 3.8) is 0 Å². The van der Waals surface area contributed by atoms with Gasteiger partial charge in [-0.2, -0.15) is 0 Å². The topological polar surface area (TPSA) is 0 Å². The predicted octanol–water partition coefficient (Wildman–Crippen LogP) is 4.96. The Balaban J connectivity index is 0.00000128. The van der Waals surface area contributed by atoms with Gasteiger partial charge in [-0.1, -0.05) is 0 Å². The molecule has 1 heterocycles. The number of rotatable bonds is 2. The molecule has 0 radical (unpaired) electrons. The molecule has 1 aliphatic carbocycles. The van der Waals surface area contributed by atoms with E-state index in [2.05, 4.69) is 45.6 Å². The maximum atomic E-state index is 2.49. The van der Waals surface area contributed by atoms with E-state index in [1.807, 2.05) is 0 Å². The fourth-order valence-electron chi connectivity index (χ4n) is 2.20. The van der Waals surface area contributed by atoms with Gasteiger partial charge in [-0.15, -0.1) is 24.8 Å². The van der Waals surface area contributed by atoms with Crippen LogP contribution in [0.5, 0.6) is 0 Å². The van der Waals surface area contributed by atoms with E-state index in [0.717, 1.165) is 0 Å². The molecule has 0 N–H and O–H groups in total. The minimum Gasteiger partial charge on any atom is -0.147 e. The summed E-state index contributed by atoms with van der Waals surface area (Å²) in [4.78, 5) is 0. The molecule has 2 aliphatic rings. The van der Waals surface area contributed by atoms with Crippen molar-refractivity contribution in [2.45, 2.75) is 37.6 Å². The third-order valence-corrected chi connectivity index (χ3v) is 7.49. The second kappa shape index (κ2) is 6.74. The molecule has 0 aromatic carbocycles. The molecule has 0 saturated heterocycles. The molecule has 0 spiro atoms. The molecule has 4 heteroatoms. The Morgan fingerprint density at radius 1 is 1.24 bits per heavy atom. The molecule has 0 bridgehead atoms. The van der Waals surface area contributed by atoms with Crippen molar-refractivity contribution >= 4 is 38.8 Å². The van der Waals surface area contributed by atoms with Gasteiger partial charge in [0.05, 0.1) is 0 Å². The normalized spacial score (nSPS) is 27.1. The number of hydrogen-bond donors (Lipinski definition) is 0. The fourth-order valence-corrected chi connectivity index (χ4v) is 6.66. The first-order chi connectivity index (χ1) is 6.98. The maximum Gasteiger partial charge on any atom is -0.147 e. The molecule has 0 nitrogen and oxygen atoms in total. The molecular formula is C13H19Cl2PTi. The molecule has 1 atom stereocenters. The van der Waals surface area contributed by atoms with Crippen LogP contribution in [0.4, 0.5) is 0 Å². The van der Waals surface area contributed by atoms with Crippen LogP contribution < -0.4 is 0 Å². The Kier molecular flexibility index (Phi) is 7.01. The monoisotopic (exact) mass is 324 g/mol. The average Bonchev–Trinajstić information content (AvgIpc) is 2.58. The van der Waals surface area contributed by atoms with E-state index in [-0.39, 0.29) is 44.0 Å². The van der Waals surface area contributed by atoms with E-state index in [1.54, 1.807) is 15.0 Å². The van der Waals surface area contributed by atoms with Crippen molar-refractivity contribution in [1.82, 2.24) is 0 Å². The molecule has 0 amide bonds. The van der Waals surface area contributed by atoms with Gasteiger partial charge in [0.2, 0.25) is 0 Å². The van der Waals surface area contributed by atoms with Gasteiger partial charge in [0.15, 0.2) is 0 Å². The van der Waals surface area contributed by atoms with Crippen molar-refractivity contribution in [3.05, 3.63) is 32.7 Å². The van der Waals surface area contributed by atoms with Gasteiger partial charge >= 0.3 is 103 Å². The first-order valence-corrected chi connectivity index (χ1v) is 7.91. The number of halogens is 2. The van der Waals surface area contributed by atoms with Crippen LogP contribution in [0.1, 0.15) is 34.1 Å². The average molecular weight is 325 g/mol. The van der Waals surface area contributed by atoms with Gasteiger partial charge in [0.25, 0.3) is 0 Å². The van der Waals surface area contributed by atoms with Crippen molar-refractivity contribution in [2.75, 3.05) is 0 Å². The van der Waals surface area contributed by atoms with E-state index < -0.39 is 0 Å². The van der Waals surface area contributed by atoms with Crippen LogP contribution in [0, 0.1) is 0 Å². The van der Waals surface area contributed by atoms with Crippen molar-refractivity contribution in [3.8, 4) is 0 Å². The van der Waals surface area contributed by atoms with Crippen LogP contribution in [0.25, 0.3) is 0 Å². The maximum absolute atomic E-state index is 2.49. The second-order valence-electron chi connectivity index (χ2n) is 4.75. The largest absolute Gasteiger partial charge is 0.147 e. The van der Waals surface area contributed by atoms with E-state index >= 15 is 0 Å². The van der Waals surface area contributed by atoms with E-state index in [1.165, 1.54) is 20.2 Å². The Hall–Kier alpha value is 0.684.